The lowest BCUT2D eigenvalue weighted by Crippen LogP contribution is -2.24. The molecule has 0 unspecified atom stereocenters. The predicted molar refractivity (Wildman–Crippen MR) is 67.7 cm³/mol. The van der Waals surface area contributed by atoms with E-state index in [0.29, 0.717) is 26.7 Å². The summed E-state index contributed by atoms with van der Waals surface area (Å²) in [7, 11) is 3.98. The molecule has 0 aliphatic carbocycles. The van der Waals surface area contributed by atoms with Gasteiger partial charge in [0, 0.05) is 0 Å². The molecule has 0 fully saturated rings. The normalized spacial score (nSPS) is 11.1. The van der Waals surface area contributed by atoms with Crippen LogP contribution in [0.3, 0.4) is 0 Å². The maximum atomic E-state index is 5.55. The van der Waals surface area contributed by atoms with Crippen molar-refractivity contribution in [2.75, 3.05) is 13.2 Å². The summed E-state index contributed by atoms with van der Waals surface area (Å²) in [6.45, 7) is 2.60. The fourth-order valence-electron chi connectivity index (χ4n) is 1.76. The first-order valence-corrected chi connectivity index (χ1v) is 6.41. The number of hydrogen-bond acceptors (Lipinski definition) is 2. The van der Waals surface area contributed by atoms with Crippen molar-refractivity contribution in [2.24, 2.45) is 14.1 Å². The first-order valence-electron chi connectivity index (χ1n) is 6.41. The summed E-state index contributed by atoms with van der Waals surface area (Å²) in [6.07, 6.45) is 12.8. The predicted octanol–water partition coefficient (Wildman–Crippen LogP) is -0.0229. The van der Waals surface area contributed by atoms with Crippen molar-refractivity contribution < 1.29 is 18.6 Å². The average Bonchev–Trinajstić information content (AvgIpc) is 2.97. The molecule has 0 amide bonds. The molecule has 6 nitrogen and oxygen atoms in total. The Hall–Kier alpha value is -1.66. The molecule has 2 heterocycles. The van der Waals surface area contributed by atoms with Gasteiger partial charge in [-0.1, -0.05) is 0 Å². The van der Waals surface area contributed by atoms with Crippen LogP contribution in [0, 0.1) is 0 Å². The third-order valence-electron chi connectivity index (χ3n) is 2.71. The van der Waals surface area contributed by atoms with Crippen LogP contribution in [-0.4, -0.2) is 22.3 Å². The van der Waals surface area contributed by atoms with Gasteiger partial charge in [-0.15, -0.1) is 0 Å². The Bertz CT molecular complexity index is 448. The van der Waals surface area contributed by atoms with Gasteiger partial charge in [0.1, 0.15) is 24.8 Å². The molecular formula is C13H22N4O2+2. The Morgan fingerprint density at radius 1 is 0.842 bits per heavy atom. The topological polar surface area (TPSA) is 36.1 Å². The highest BCUT2D eigenvalue weighted by Crippen LogP contribution is 1.91. The lowest BCUT2D eigenvalue weighted by molar-refractivity contribution is -0.671. The lowest BCUT2D eigenvalue weighted by Gasteiger charge is -2.02. The fourth-order valence-corrected chi connectivity index (χ4v) is 1.76. The fraction of sp³-hybridized carbons (Fsp3) is 0.538. The first-order chi connectivity index (χ1) is 9.24. The van der Waals surface area contributed by atoms with E-state index in [2.05, 4.69) is 0 Å². The van der Waals surface area contributed by atoms with Gasteiger partial charge in [0.2, 0.25) is 12.7 Å². The molecule has 19 heavy (non-hydrogen) atoms. The van der Waals surface area contributed by atoms with Gasteiger partial charge in [-0.2, -0.15) is 0 Å². The molecule has 0 saturated carbocycles. The molecule has 0 saturated heterocycles. The quantitative estimate of drug-likeness (QED) is 0.497. The zero-order chi connectivity index (χ0) is 13.5. The molecule has 2 rings (SSSR count). The standard InChI is InChI=1S/C13H22N4O2/c1-14-4-6-16(10-14)12-18-8-3-9-19-13-17-7-5-15(2)11-17/h4-7,10-11H,3,8-9,12-13H2,1-2H3/q+2. The van der Waals surface area contributed by atoms with Crippen LogP contribution in [0.1, 0.15) is 6.42 Å². The van der Waals surface area contributed by atoms with Crippen LogP contribution in [-0.2, 0) is 37.0 Å². The highest BCUT2D eigenvalue weighted by atomic mass is 16.5. The van der Waals surface area contributed by atoms with Gasteiger partial charge in [0.25, 0.3) is 0 Å². The number of imidazole rings is 2. The Kier molecular flexibility index (Phi) is 5.11. The smallest absolute Gasteiger partial charge is 0.245 e. The van der Waals surface area contributed by atoms with E-state index in [1.54, 1.807) is 0 Å². The summed E-state index contributed by atoms with van der Waals surface area (Å²) in [6, 6.07) is 0. The van der Waals surface area contributed by atoms with Crippen LogP contribution in [0.25, 0.3) is 0 Å². The van der Waals surface area contributed by atoms with Crippen molar-refractivity contribution in [3.05, 3.63) is 37.4 Å². The average molecular weight is 266 g/mol. The highest BCUT2D eigenvalue weighted by Gasteiger charge is 2.00. The second-order valence-electron chi connectivity index (χ2n) is 4.61. The molecule has 0 atom stereocenters. The minimum Gasteiger partial charge on any atom is -0.342 e. The second kappa shape index (κ2) is 7.06. The van der Waals surface area contributed by atoms with E-state index in [4.69, 9.17) is 9.47 Å². The van der Waals surface area contributed by atoms with E-state index in [1.165, 1.54) is 0 Å². The molecule has 2 aromatic rings. The van der Waals surface area contributed by atoms with Crippen LogP contribution in [0.2, 0.25) is 0 Å². The third kappa shape index (κ3) is 4.84. The zero-order valence-corrected chi connectivity index (χ0v) is 11.6. The molecule has 0 bridgehead atoms. The Balaban J connectivity index is 1.48. The minimum absolute atomic E-state index is 0.592. The van der Waals surface area contributed by atoms with Gasteiger partial charge in [0.05, 0.1) is 27.3 Å². The first kappa shape index (κ1) is 13.8. The molecule has 0 aliphatic rings. The van der Waals surface area contributed by atoms with E-state index in [9.17, 15) is 0 Å². The maximum absolute atomic E-state index is 5.55. The molecule has 2 aromatic heterocycles. The molecule has 0 aliphatic heterocycles. The van der Waals surface area contributed by atoms with E-state index in [0.717, 1.165) is 6.42 Å². The van der Waals surface area contributed by atoms with Crippen LogP contribution < -0.4 is 9.13 Å². The summed E-state index contributed by atoms with van der Waals surface area (Å²) < 4.78 is 19.1. The van der Waals surface area contributed by atoms with Crippen molar-refractivity contribution in [1.82, 2.24) is 9.13 Å². The van der Waals surface area contributed by atoms with E-state index in [1.807, 2.05) is 69.8 Å². The number of aryl methyl sites for hydroxylation is 2. The Labute approximate surface area is 113 Å². The van der Waals surface area contributed by atoms with Crippen molar-refractivity contribution in [1.29, 1.82) is 0 Å². The van der Waals surface area contributed by atoms with E-state index in [-0.39, 0.29) is 0 Å². The summed E-state index contributed by atoms with van der Waals surface area (Å²) in [5.74, 6) is 0. The highest BCUT2D eigenvalue weighted by molar-refractivity contribution is 4.63. The largest absolute Gasteiger partial charge is 0.342 e. The molecule has 0 radical (unpaired) electrons. The van der Waals surface area contributed by atoms with Gasteiger partial charge >= 0.3 is 0 Å². The summed E-state index contributed by atoms with van der Waals surface area (Å²) in [5.41, 5.74) is 0. The summed E-state index contributed by atoms with van der Waals surface area (Å²) >= 11 is 0. The lowest BCUT2D eigenvalue weighted by atomic mass is 10.5. The Morgan fingerprint density at radius 2 is 1.32 bits per heavy atom. The van der Waals surface area contributed by atoms with Crippen molar-refractivity contribution in [3.8, 4) is 0 Å². The van der Waals surface area contributed by atoms with Crippen molar-refractivity contribution in [3.63, 3.8) is 0 Å². The molecule has 0 N–H and O–H groups in total. The third-order valence-corrected chi connectivity index (χ3v) is 2.71. The summed E-state index contributed by atoms with van der Waals surface area (Å²) in [4.78, 5) is 0. The summed E-state index contributed by atoms with van der Waals surface area (Å²) in [5, 5.41) is 0. The van der Waals surface area contributed by atoms with Gasteiger partial charge in [-0.25, -0.2) is 18.3 Å². The number of ether oxygens (including phenoxy) is 2. The van der Waals surface area contributed by atoms with Gasteiger partial charge in [-0.3, -0.25) is 0 Å². The zero-order valence-electron chi connectivity index (χ0n) is 11.6. The number of hydrogen-bond donors (Lipinski definition) is 0. The number of rotatable bonds is 8. The van der Waals surface area contributed by atoms with Crippen molar-refractivity contribution >= 4 is 0 Å². The molecule has 0 aromatic carbocycles. The number of nitrogens with zero attached hydrogens (tertiary/aromatic N) is 4. The van der Waals surface area contributed by atoms with Crippen molar-refractivity contribution in [2.45, 2.75) is 19.9 Å². The molecule has 0 spiro atoms. The minimum atomic E-state index is 0.592. The molecular weight excluding hydrogens is 244 g/mol. The monoisotopic (exact) mass is 266 g/mol. The van der Waals surface area contributed by atoms with Gasteiger partial charge in [0.15, 0.2) is 13.5 Å². The second-order valence-corrected chi connectivity index (χ2v) is 4.61. The maximum Gasteiger partial charge on any atom is 0.245 e. The van der Waals surface area contributed by atoms with E-state index >= 15 is 0 Å². The Morgan fingerprint density at radius 3 is 1.68 bits per heavy atom. The number of aromatic nitrogens is 4. The van der Waals surface area contributed by atoms with Crippen LogP contribution in [0.15, 0.2) is 37.4 Å². The van der Waals surface area contributed by atoms with Crippen LogP contribution in [0.5, 0.6) is 0 Å². The van der Waals surface area contributed by atoms with Gasteiger partial charge < -0.3 is 9.47 Å². The van der Waals surface area contributed by atoms with Gasteiger partial charge in [-0.05, 0) is 6.42 Å². The molecule has 6 heteroatoms. The SMILES string of the molecule is C[n+]1ccn(COCCCOCn2cc[n+](C)c2)c1. The molecule has 104 valence electrons. The van der Waals surface area contributed by atoms with Crippen LogP contribution in [0.4, 0.5) is 0 Å². The van der Waals surface area contributed by atoms with E-state index < -0.39 is 0 Å². The van der Waals surface area contributed by atoms with Crippen LogP contribution >= 0.6 is 0 Å².